The molecule has 1 aromatic rings. The van der Waals surface area contributed by atoms with Crippen molar-refractivity contribution in [3.63, 3.8) is 0 Å². The van der Waals surface area contributed by atoms with E-state index in [4.69, 9.17) is 9.47 Å². The minimum absolute atomic E-state index is 0.000808. The smallest absolute Gasteiger partial charge is 0.220 e. The molecule has 1 aromatic carbocycles. The van der Waals surface area contributed by atoms with E-state index in [0.717, 1.165) is 51.3 Å². The van der Waals surface area contributed by atoms with Crippen LogP contribution in [0.3, 0.4) is 0 Å². The Kier molecular flexibility index (Phi) is 6.20. The number of carbonyl (C=O) groups excluding carboxylic acids is 1. The zero-order valence-electron chi connectivity index (χ0n) is 16.3. The van der Waals surface area contributed by atoms with Gasteiger partial charge in [-0.3, -0.25) is 9.69 Å². The van der Waals surface area contributed by atoms with E-state index < -0.39 is 0 Å². The van der Waals surface area contributed by atoms with Gasteiger partial charge in [-0.2, -0.15) is 0 Å². The second kappa shape index (κ2) is 8.40. The van der Waals surface area contributed by atoms with Crippen LogP contribution in [0.25, 0.3) is 0 Å². The molecule has 2 aliphatic rings. The van der Waals surface area contributed by atoms with Gasteiger partial charge in [0.05, 0.1) is 19.3 Å². The molecule has 2 aliphatic heterocycles. The molecule has 5 heteroatoms. The van der Waals surface area contributed by atoms with E-state index in [1.165, 1.54) is 5.56 Å². The zero-order valence-corrected chi connectivity index (χ0v) is 16.3. The molecule has 0 aromatic heterocycles. The average Bonchev–Trinajstić information content (AvgIpc) is 2.99. The molecule has 5 nitrogen and oxygen atoms in total. The molecule has 2 saturated heterocycles. The first-order chi connectivity index (χ1) is 12.5. The van der Waals surface area contributed by atoms with Gasteiger partial charge < -0.3 is 14.8 Å². The summed E-state index contributed by atoms with van der Waals surface area (Å²) in [6.45, 7) is 7.81. The summed E-state index contributed by atoms with van der Waals surface area (Å²) in [6.07, 6.45) is 3.74. The molecule has 0 unspecified atom stereocenters. The maximum atomic E-state index is 12.0. The number of piperidine rings is 1. The highest BCUT2D eigenvalue weighted by Crippen LogP contribution is 2.40. The van der Waals surface area contributed by atoms with Crippen molar-refractivity contribution >= 4 is 5.91 Å². The molecule has 26 heavy (non-hydrogen) atoms. The van der Waals surface area contributed by atoms with Crippen molar-refractivity contribution in [2.24, 2.45) is 5.92 Å². The number of benzene rings is 1. The Morgan fingerprint density at radius 2 is 2.00 bits per heavy atom. The first-order valence-corrected chi connectivity index (χ1v) is 9.77. The highest BCUT2D eigenvalue weighted by Gasteiger charge is 2.42. The van der Waals surface area contributed by atoms with Crippen LogP contribution in [0.15, 0.2) is 24.3 Å². The topological polar surface area (TPSA) is 50.8 Å². The number of methoxy groups -OCH3 is 1. The molecular weight excluding hydrogens is 328 g/mol. The summed E-state index contributed by atoms with van der Waals surface area (Å²) >= 11 is 0. The number of ether oxygens (including phenoxy) is 2. The summed E-state index contributed by atoms with van der Waals surface area (Å²) in [5, 5.41) is 2.99. The first kappa shape index (κ1) is 19.2. The number of nitrogens with zero attached hydrogens (tertiary/aromatic N) is 1. The van der Waals surface area contributed by atoms with Crippen molar-refractivity contribution < 1.29 is 14.3 Å². The van der Waals surface area contributed by atoms with Crippen LogP contribution in [-0.4, -0.2) is 49.3 Å². The Balaban J connectivity index is 1.45. The number of amides is 1. The molecular formula is C21H32N2O3. The summed E-state index contributed by atoms with van der Waals surface area (Å²) in [5.41, 5.74) is 1.32. The highest BCUT2D eigenvalue weighted by molar-refractivity contribution is 5.76. The quantitative estimate of drug-likeness (QED) is 0.847. The van der Waals surface area contributed by atoms with Gasteiger partial charge in [0.25, 0.3) is 0 Å². The summed E-state index contributed by atoms with van der Waals surface area (Å²) in [6, 6.07) is 8.53. The SMILES string of the molecule is COc1ccc(CN2CCC3(CC2)C[C@@H](CC(=O)NC(C)C)CO3)cc1. The van der Waals surface area contributed by atoms with E-state index in [1.807, 2.05) is 26.0 Å². The summed E-state index contributed by atoms with van der Waals surface area (Å²) in [7, 11) is 1.69. The van der Waals surface area contributed by atoms with Crippen molar-refractivity contribution in [1.29, 1.82) is 0 Å². The number of likely N-dealkylation sites (tertiary alicyclic amines) is 1. The monoisotopic (exact) mass is 360 g/mol. The predicted octanol–water partition coefficient (Wildman–Crippen LogP) is 2.98. The standard InChI is InChI=1S/C21H32N2O3/c1-16(2)22-20(24)12-18-13-21(26-15-18)8-10-23(11-9-21)14-17-4-6-19(25-3)7-5-17/h4-7,16,18H,8-15H2,1-3H3,(H,22,24)/t18-/m1/s1. The van der Waals surface area contributed by atoms with Crippen LogP contribution >= 0.6 is 0 Å². The van der Waals surface area contributed by atoms with Crippen molar-refractivity contribution in [1.82, 2.24) is 10.2 Å². The highest BCUT2D eigenvalue weighted by atomic mass is 16.5. The van der Waals surface area contributed by atoms with Crippen LogP contribution in [0.2, 0.25) is 0 Å². The molecule has 1 amide bonds. The molecule has 0 radical (unpaired) electrons. The van der Waals surface area contributed by atoms with Crippen LogP contribution in [0.5, 0.6) is 5.75 Å². The third-order valence-corrected chi connectivity index (χ3v) is 5.54. The molecule has 0 aliphatic carbocycles. The van der Waals surface area contributed by atoms with E-state index in [9.17, 15) is 4.79 Å². The van der Waals surface area contributed by atoms with Crippen LogP contribution in [-0.2, 0) is 16.1 Å². The van der Waals surface area contributed by atoms with E-state index in [1.54, 1.807) is 7.11 Å². The molecule has 2 heterocycles. The molecule has 0 bridgehead atoms. The summed E-state index contributed by atoms with van der Waals surface area (Å²) in [4.78, 5) is 14.5. The van der Waals surface area contributed by atoms with Crippen molar-refractivity contribution in [2.45, 2.75) is 57.7 Å². The fraction of sp³-hybridized carbons (Fsp3) is 0.667. The molecule has 3 rings (SSSR count). The maximum absolute atomic E-state index is 12.0. The number of hydrogen-bond donors (Lipinski definition) is 1. The van der Waals surface area contributed by atoms with Crippen LogP contribution < -0.4 is 10.1 Å². The Labute approximate surface area is 157 Å². The van der Waals surface area contributed by atoms with Gasteiger partial charge in [0.15, 0.2) is 0 Å². The van der Waals surface area contributed by atoms with Gasteiger partial charge in [0.2, 0.25) is 5.91 Å². The molecule has 1 spiro atoms. The molecule has 2 fully saturated rings. The molecule has 144 valence electrons. The van der Waals surface area contributed by atoms with Gasteiger partial charge >= 0.3 is 0 Å². The number of carbonyl (C=O) groups is 1. The number of hydrogen-bond acceptors (Lipinski definition) is 4. The first-order valence-electron chi connectivity index (χ1n) is 9.77. The fourth-order valence-corrected chi connectivity index (χ4v) is 4.17. The lowest BCUT2D eigenvalue weighted by molar-refractivity contribution is -0.122. The van der Waals surface area contributed by atoms with Gasteiger partial charge in [-0.25, -0.2) is 0 Å². The lowest BCUT2D eigenvalue weighted by Gasteiger charge is -2.38. The third-order valence-electron chi connectivity index (χ3n) is 5.54. The Morgan fingerprint density at radius 1 is 1.31 bits per heavy atom. The molecule has 1 N–H and O–H groups in total. The summed E-state index contributed by atoms with van der Waals surface area (Å²) < 4.78 is 11.4. The van der Waals surface area contributed by atoms with Crippen LogP contribution in [0, 0.1) is 5.92 Å². The van der Waals surface area contributed by atoms with E-state index in [-0.39, 0.29) is 17.6 Å². The minimum atomic E-state index is -0.000808. The van der Waals surface area contributed by atoms with Crippen LogP contribution in [0.1, 0.15) is 45.1 Å². The van der Waals surface area contributed by atoms with Gasteiger partial charge in [-0.1, -0.05) is 12.1 Å². The lowest BCUT2D eigenvalue weighted by atomic mass is 9.84. The van der Waals surface area contributed by atoms with Crippen molar-refractivity contribution in [3.8, 4) is 5.75 Å². The van der Waals surface area contributed by atoms with E-state index >= 15 is 0 Å². The van der Waals surface area contributed by atoms with Crippen molar-refractivity contribution in [3.05, 3.63) is 29.8 Å². The normalized spacial score (nSPS) is 22.7. The second-order valence-corrected chi connectivity index (χ2v) is 8.11. The van der Waals surface area contributed by atoms with E-state index in [0.29, 0.717) is 12.3 Å². The number of nitrogens with one attached hydrogen (secondary N) is 1. The van der Waals surface area contributed by atoms with Gasteiger partial charge in [0.1, 0.15) is 5.75 Å². The fourth-order valence-electron chi connectivity index (χ4n) is 4.17. The molecule has 1 atom stereocenters. The van der Waals surface area contributed by atoms with Gasteiger partial charge in [-0.05, 0) is 56.7 Å². The second-order valence-electron chi connectivity index (χ2n) is 8.11. The van der Waals surface area contributed by atoms with Crippen LogP contribution in [0.4, 0.5) is 0 Å². The minimum Gasteiger partial charge on any atom is -0.497 e. The molecule has 0 saturated carbocycles. The van der Waals surface area contributed by atoms with E-state index in [2.05, 4.69) is 22.3 Å². The zero-order chi connectivity index (χ0) is 18.6. The summed E-state index contributed by atoms with van der Waals surface area (Å²) in [5.74, 6) is 1.42. The van der Waals surface area contributed by atoms with Gasteiger partial charge in [0, 0.05) is 32.1 Å². The average molecular weight is 360 g/mol. The number of rotatable bonds is 6. The Morgan fingerprint density at radius 3 is 2.62 bits per heavy atom. The lowest BCUT2D eigenvalue weighted by Crippen LogP contribution is -2.43. The maximum Gasteiger partial charge on any atom is 0.220 e. The third kappa shape index (κ3) is 4.98. The van der Waals surface area contributed by atoms with Gasteiger partial charge in [-0.15, -0.1) is 0 Å². The Bertz CT molecular complexity index is 592. The largest absolute Gasteiger partial charge is 0.497 e. The Hall–Kier alpha value is -1.59. The predicted molar refractivity (Wildman–Crippen MR) is 102 cm³/mol. The van der Waals surface area contributed by atoms with Crippen molar-refractivity contribution in [2.75, 3.05) is 26.8 Å².